The van der Waals surface area contributed by atoms with Gasteiger partial charge < -0.3 is 5.32 Å². The molecule has 1 unspecified atom stereocenters. The van der Waals surface area contributed by atoms with Gasteiger partial charge in [-0.25, -0.2) is 0 Å². The highest BCUT2D eigenvalue weighted by Gasteiger charge is 1.96. The molecule has 1 amide bonds. The normalized spacial score (nSPS) is 9.62. The van der Waals surface area contributed by atoms with Gasteiger partial charge in [0.05, 0.1) is 0 Å². The Morgan fingerprint density at radius 3 is 1.19 bits per heavy atom. The van der Waals surface area contributed by atoms with Gasteiger partial charge in [-0.2, -0.15) is 0 Å². The van der Waals surface area contributed by atoms with E-state index in [-0.39, 0.29) is 0 Å². The summed E-state index contributed by atoms with van der Waals surface area (Å²) in [6.07, 6.45) is 20.9. The number of carbonyl (C=O) groups is 1. The van der Waals surface area contributed by atoms with E-state index in [0.29, 0.717) is 13.0 Å². The van der Waals surface area contributed by atoms with Crippen molar-refractivity contribution in [2.24, 2.45) is 11.8 Å². The number of rotatable bonds is 15. The number of hydrogen-bond donors (Lipinski definition) is 1. The third kappa shape index (κ3) is 66.8. The Morgan fingerprint density at radius 1 is 0.571 bits per heavy atom. The zero-order chi connectivity index (χ0) is 33.9. The van der Waals surface area contributed by atoms with Crippen molar-refractivity contribution in [3.63, 3.8) is 0 Å². The molecule has 2 heteroatoms. The Hall–Kier alpha value is -1.31. The molecule has 42 heavy (non-hydrogen) atoms. The SMILES string of the molecule is CC.CCC(C)C.CCCC.CCCC.CCCCCC.CCCCCC(C)CC.CCc1ccc(CNC=O)cc1. The molecule has 1 atom stereocenters. The molecule has 0 spiro atoms. The first-order valence-electron chi connectivity index (χ1n) is 18.4. The fourth-order valence-electron chi connectivity index (χ4n) is 2.50. The largest absolute Gasteiger partial charge is 0.355 e. The van der Waals surface area contributed by atoms with E-state index in [4.69, 9.17) is 0 Å². The van der Waals surface area contributed by atoms with Crippen molar-refractivity contribution in [2.75, 3.05) is 0 Å². The van der Waals surface area contributed by atoms with Gasteiger partial charge in [-0.1, -0.05) is 218 Å². The zero-order valence-corrected chi connectivity index (χ0v) is 32.3. The van der Waals surface area contributed by atoms with E-state index in [1.54, 1.807) is 0 Å². The van der Waals surface area contributed by atoms with Crippen LogP contribution in [0, 0.1) is 11.8 Å². The van der Waals surface area contributed by atoms with Crippen molar-refractivity contribution in [2.45, 2.75) is 207 Å². The molecular weight excluding hydrogens is 510 g/mol. The number of amides is 1. The molecule has 0 aliphatic carbocycles. The molecule has 0 saturated heterocycles. The minimum absolute atomic E-state index is 0.619. The van der Waals surface area contributed by atoms with Crippen LogP contribution in [0.3, 0.4) is 0 Å². The van der Waals surface area contributed by atoms with Crippen molar-refractivity contribution in [3.8, 4) is 0 Å². The highest BCUT2D eigenvalue weighted by Crippen LogP contribution is 2.11. The zero-order valence-electron chi connectivity index (χ0n) is 32.3. The van der Waals surface area contributed by atoms with Crippen molar-refractivity contribution in [3.05, 3.63) is 35.4 Å². The summed E-state index contributed by atoms with van der Waals surface area (Å²) in [6.45, 7) is 33.4. The highest BCUT2D eigenvalue weighted by atomic mass is 16.1. The molecule has 256 valence electrons. The summed E-state index contributed by atoms with van der Waals surface area (Å²) >= 11 is 0. The highest BCUT2D eigenvalue weighted by molar-refractivity contribution is 5.46. The average Bonchev–Trinajstić information content (AvgIpc) is 3.05. The maximum absolute atomic E-state index is 9.99. The Balaban J connectivity index is -0.0000000965. The van der Waals surface area contributed by atoms with Gasteiger partial charge in [0, 0.05) is 6.54 Å². The van der Waals surface area contributed by atoms with Crippen LogP contribution < -0.4 is 5.32 Å². The summed E-state index contributed by atoms with van der Waals surface area (Å²) in [5.41, 5.74) is 2.46. The molecule has 1 rings (SSSR count). The molecule has 0 fully saturated rings. The molecule has 2 nitrogen and oxygen atoms in total. The molecule has 0 saturated carbocycles. The maximum atomic E-state index is 9.99. The fourth-order valence-corrected chi connectivity index (χ4v) is 2.50. The van der Waals surface area contributed by atoms with E-state index in [9.17, 15) is 4.79 Å². The molecule has 0 aliphatic rings. The van der Waals surface area contributed by atoms with Crippen LogP contribution in [0.15, 0.2) is 24.3 Å². The molecule has 1 aromatic carbocycles. The Kier molecular flexibility index (Phi) is 70.5. The first kappa shape index (κ1) is 53.3. The molecule has 1 aromatic rings. The predicted molar refractivity (Wildman–Crippen MR) is 200 cm³/mol. The van der Waals surface area contributed by atoms with Gasteiger partial charge in [0.25, 0.3) is 0 Å². The number of aryl methyl sites for hydroxylation is 1. The van der Waals surface area contributed by atoms with E-state index in [1.165, 1.54) is 95.5 Å². The van der Waals surface area contributed by atoms with Gasteiger partial charge in [-0.15, -0.1) is 0 Å². The summed E-state index contributed by atoms with van der Waals surface area (Å²) in [7, 11) is 0. The van der Waals surface area contributed by atoms with Gasteiger partial charge in [-0.3, -0.25) is 4.79 Å². The summed E-state index contributed by atoms with van der Waals surface area (Å²) in [5, 5.41) is 2.62. The second kappa shape index (κ2) is 55.6. The lowest BCUT2D eigenvalue weighted by Gasteiger charge is -2.05. The van der Waals surface area contributed by atoms with Crippen LogP contribution in [-0.4, -0.2) is 6.41 Å². The second-order valence-electron chi connectivity index (χ2n) is 11.2. The van der Waals surface area contributed by atoms with E-state index in [1.807, 2.05) is 26.0 Å². The van der Waals surface area contributed by atoms with Crippen LogP contribution >= 0.6 is 0 Å². The van der Waals surface area contributed by atoms with E-state index < -0.39 is 0 Å². The summed E-state index contributed by atoms with van der Waals surface area (Å²) in [6, 6.07) is 8.24. The number of carbonyl (C=O) groups excluding carboxylic acids is 1. The Labute approximate surface area is 270 Å². The minimum Gasteiger partial charge on any atom is -0.355 e. The van der Waals surface area contributed by atoms with E-state index in [0.717, 1.165) is 23.8 Å². The second-order valence-corrected chi connectivity index (χ2v) is 11.2. The van der Waals surface area contributed by atoms with Crippen molar-refractivity contribution in [1.82, 2.24) is 5.32 Å². The van der Waals surface area contributed by atoms with Crippen molar-refractivity contribution in [1.29, 1.82) is 0 Å². The summed E-state index contributed by atoms with van der Waals surface area (Å²) < 4.78 is 0. The summed E-state index contributed by atoms with van der Waals surface area (Å²) in [5.74, 6) is 1.84. The molecule has 0 aliphatic heterocycles. The number of nitrogens with one attached hydrogen (secondary N) is 1. The Morgan fingerprint density at radius 2 is 0.929 bits per heavy atom. The maximum Gasteiger partial charge on any atom is 0.207 e. The molecule has 1 N–H and O–H groups in total. The smallest absolute Gasteiger partial charge is 0.207 e. The third-order valence-corrected chi connectivity index (χ3v) is 6.59. The van der Waals surface area contributed by atoms with Gasteiger partial charge in [0.1, 0.15) is 0 Å². The number of benzene rings is 1. The van der Waals surface area contributed by atoms with E-state index >= 15 is 0 Å². The molecule has 0 heterocycles. The minimum atomic E-state index is 0.619. The van der Waals surface area contributed by atoms with Crippen LogP contribution in [0.4, 0.5) is 0 Å². The predicted octanol–water partition coefficient (Wildman–Crippen LogP) is 14.4. The number of unbranched alkanes of at least 4 members (excludes halogenated alkanes) is 7. The Bertz CT molecular complexity index is 497. The number of hydrogen-bond acceptors (Lipinski definition) is 1. The third-order valence-electron chi connectivity index (χ3n) is 6.59. The quantitative estimate of drug-likeness (QED) is 0.158. The molecule has 0 aromatic heterocycles. The fraction of sp³-hybridized carbons (Fsp3) is 0.825. The van der Waals surface area contributed by atoms with Gasteiger partial charge >= 0.3 is 0 Å². The standard InChI is InChI=1S/C10H13NO.C9H20.C6H14.C5H12.2C4H10.C2H6/c1-2-9-3-5-10(6-4-9)7-11-8-12;1-4-6-7-8-9(3)5-2;1-3-5-6-4-2;1-4-5(2)3;2*1-3-4-2;1-2/h3-6,8H,2,7H2,1H3,(H,11,12);9H,4-8H2,1-3H3;3-6H2,1-2H3;5H,4H2,1-3H3;2*3-4H2,1-2H3;1-2H3. The summed E-state index contributed by atoms with van der Waals surface area (Å²) in [4.78, 5) is 9.99. The van der Waals surface area contributed by atoms with Crippen LogP contribution in [0.2, 0.25) is 0 Å². The lowest BCUT2D eigenvalue weighted by Crippen LogP contribution is -2.09. The van der Waals surface area contributed by atoms with Crippen molar-refractivity contribution >= 4 is 6.41 Å². The van der Waals surface area contributed by atoms with Crippen LogP contribution in [0.25, 0.3) is 0 Å². The van der Waals surface area contributed by atoms with E-state index in [2.05, 4.69) is 107 Å². The van der Waals surface area contributed by atoms with Crippen LogP contribution in [0.1, 0.15) is 205 Å². The van der Waals surface area contributed by atoms with Gasteiger partial charge in [0.2, 0.25) is 6.41 Å². The average molecular weight is 596 g/mol. The molecular formula is C40H85NO. The van der Waals surface area contributed by atoms with Crippen LogP contribution in [-0.2, 0) is 17.8 Å². The topological polar surface area (TPSA) is 29.1 Å². The monoisotopic (exact) mass is 596 g/mol. The van der Waals surface area contributed by atoms with Gasteiger partial charge in [-0.05, 0) is 29.4 Å². The van der Waals surface area contributed by atoms with Gasteiger partial charge in [0.15, 0.2) is 0 Å². The first-order valence-corrected chi connectivity index (χ1v) is 18.4. The lowest BCUT2D eigenvalue weighted by molar-refractivity contribution is -0.109. The first-order chi connectivity index (χ1) is 20.2. The van der Waals surface area contributed by atoms with Crippen molar-refractivity contribution < 1.29 is 4.79 Å². The lowest BCUT2D eigenvalue weighted by atomic mass is 10.0. The molecule has 0 radical (unpaired) electrons. The molecule has 0 bridgehead atoms. The van der Waals surface area contributed by atoms with Crippen LogP contribution in [0.5, 0.6) is 0 Å².